The van der Waals surface area contributed by atoms with Gasteiger partial charge in [0, 0.05) is 36.1 Å². The molecule has 0 bridgehead atoms. The molecule has 1 aromatic carbocycles. The Kier molecular flexibility index (Phi) is 3.59. The Balaban J connectivity index is 2.51. The number of pyridine rings is 1. The van der Waals surface area contributed by atoms with Gasteiger partial charge in [-0.3, -0.25) is 4.79 Å². The van der Waals surface area contributed by atoms with E-state index in [1.165, 1.54) is 10.9 Å². The second-order valence-electron chi connectivity index (χ2n) is 6.89. The van der Waals surface area contributed by atoms with Gasteiger partial charge in [-0.1, -0.05) is 45.9 Å². The highest BCUT2D eigenvalue weighted by Crippen LogP contribution is 2.32. The van der Waals surface area contributed by atoms with E-state index >= 15 is 0 Å². The highest BCUT2D eigenvalue weighted by molar-refractivity contribution is 6.09. The molecule has 0 aliphatic heterocycles. The lowest BCUT2D eigenvalue weighted by Crippen LogP contribution is -2.24. The van der Waals surface area contributed by atoms with Crippen LogP contribution in [-0.4, -0.2) is 9.13 Å². The van der Waals surface area contributed by atoms with Crippen molar-refractivity contribution in [2.45, 2.75) is 40.2 Å². The van der Waals surface area contributed by atoms with Crippen LogP contribution in [0.1, 0.15) is 39.2 Å². The van der Waals surface area contributed by atoms with E-state index in [1.807, 2.05) is 23.7 Å². The first kappa shape index (κ1) is 14.9. The van der Waals surface area contributed by atoms with Crippen LogP contribution in [0.25, 0.3) is 21.8 Å². The molecule has 0 unspecified atom stereocenters. The molecule has 0 saturated heterocycles. The van der Waals surface area contributed by atoms with Crippen molar-refractivity contribution in [1.29, 1.82) is 0 Å². The van der Waals surface area contributed by atoms with Crippen molar-refractivity contribution in [1.82, 2.24) is 9.13 Å². The minimum Gasteiger partial charge on any atom is -0.339 e. The zero-order valence-electron chi connectivity index (χ0n) is 14.1. The third-order valence-electron chi connectivity index (χ3n) is 4.34. The molecule has 3 aromatic rings. The van der Waals surface area contributed by atoms with Crippen molar-refractivity contribution in [3.63, 3.8) is 0 Å². The molecule has 0 aliphatic rings. The average Bonchev–Trinajstić information content (AvgIpc) is 2.76. The summed E-state index contributed by atoms with van der Waals surface area (Å²) in [5, 5.41) is 2.30. The number of rotatable bonds is 3. The van der Waals surface area contributed by atoms with Crippen LogP contribution in [0.5, 0.6) is 0 Å². The van der Waals surface area contributed by atoms with Gasteiger partial charge < -0.3 is 9.13 Å². The molecule has 0 atom stereocenters. The van der Waals surface area contributed by atoms with Gasteiger partial charge in [-0.2, -0.15) is 0 Å². The molecule has 0 fully saturated rings. The molecular formula is C19H24N2O. The second kappa shape index (κ2) is 5.31. The SMILES string of the molecule is CC(C)Cn1cc(C(C)C)c2c3ccccc3n(C)c2c1=O. The fraction of sp³-hybridized carbons (Fsp3) is 0.421. The maximum Gasteiger partial charge on any atom is 0.275 e. The van der Waals surface area contributed by atoms with Crippen molar-refractivity contribution in [2.75, 3.05) is 0 Å². The van der Waals surface area contributed by atoms with Crippen LogP contribution in [-0.2, 0) is 13.6 Å². The topological polar surface area (TPSA) is 26.9 Å². The van der Waals surface area contributed by atoms with Gasteiger partial charge in [0.1, 0.15) is 5.52 Å². The lowest BCUT2D eigenvalue weighted by Gasteiger charge is -2.15. The van der Waals surface area contributed by atoms with Crippen LogP contribution >= 0.6 is 0 Å². The van der Waals surface area contributed by atoms with Crippen LogP contribution in [0.3, 0.4) is 0 Å². The number of fused-ring (bicyclic) bond motifs is 3. The van der Waals surface area contributed by atoms with Crippen LogP contribution in [0, 0.1) is 5.92 Å². The highest BCUT2D eigenvalue weighted by atomic mass is 16.1. The van der Waals surface area contributed by atoms with Crippen molar-refractivity contribution < 1.29 is 0 Å². The maximum atomic E-state index is 13.0. The summed E-state index contributed by atoms with van der Waals surface area (Å²) in [7, 11) is 2.00. The minimum absolute atomic E-state index is 0.117. The van der Waals surface area contributed by atoms with Crippen molar-refractivity contribution >= 4 is 21.8 Å². The van der Waals surface area contributed by atoms with E-state index < -0.39 is 0 Å². The summed E-state index contributed by atoms with van der Waals surface area (Å²) in [6.45, 7) is 9.44. The normalized spacial score (nSPS) is 12.1. The Morgan fingerprint density at radius 3 is 2.41 bits per heavy atom. The summed E-state index contributed by atoms with van der Waals surface area (Å²) < 4.78 is 3.94. The van der Waals surface area contributed by atoms with Crippen molar-refractivity contribution in [3.05, 3.63) is 46.4 Å². The predicted molar refractivity (Wildman–Crippen MR) is 93.6 cm³/mol. The van der Waals surface area contributed by atoms with Crippen LogP contribution in [0.2, 0.25) is 0 Å². The van der Waals surface area contributed by atoms with E-state index in [0.717, 1.165) is 23.0 Å². The quantitative estimate of drug-likeness (QED) is 0.709. The Bertz CT molecular complexity index is 897. The maximum absolute atomic E-state index is 13.0. The van der Waals surface area contributed by atoms with Gasteiger partial charge in [0.05, 0.1) is 0 Å². The van der Waals surface area contributed by atoms with Gasteiger partial charge in [-0.15, -0.1) is 0 Å². The molecule has 0 spiro atoms. The molecule has 0 N–H and O–H groups in total. The molecule has 22 heavy (non-hydrogen) atoms. The van der Waals surface area contributed by atoms with E-state index in [1.54, 1.807) is 0 Å². The highest BCUT2D eigenvalue weighted by Gasteiger charge is 2.18. The average molecular weight is 296 g/mol. The largest absolute Gasteiger partial charge is 0.339 e. The summed E-state index contributed by atoms with van der Waals surface area (Å²) in [5.74, 6) is 0.831. The molecule has 0 radical (unpaired) electrons. The molecule has 0 amide bonds. The molecule has 3 heteroatoms. The Labute approximate surface area is 131 Å². The van der Waals surface area contributed by atoms with E-state index in [9.17, 15) is 4.79 Å². The van der Waals surface area contributed by atoms with Crippen LogP contribution in [0.4, 0.5) is 0 Å². The van der Waals surface area contributed by atoms with E-state index in [4.69, 9.17) is 0 Å². The number of para-hydroxylation sites is 1. The van der Waals surface area contributed by atoms with Gasteiger partial charge in [0.2, 0.25) is 0 Å². The van der Waals surface area contributed by atoms with Crippen molar-refractivity contribution in [2.24, 2.45) is 13.0 Å². The molecule has 0 saturated carbocycles. The number of aryl methyl sites for hydroxylation is 1. The second-order valence-corrected chi connectivity index (χ2v) is 6.89. The predicted octanol–water partition coefficient (Wildman–Crippen LogP) is 4.27. The van der Waals surface area contributed by atoms with Gasteiger partial charge in [-0.25, -0.2) is 0 Å². The molecule has 2 heterocycles. The monoisotopic (exact) mass is 296 g/mol. The number of benzene rings is 1. The van der Waals surface area contributed by atoms with Gasteiger partial charge in [0.25, 0.3) is 5.56 Å². The first-order valence-electron chi connectivity index (χ1n) is 8.02. The standard InChI is InChI=1S/C19H24N2O/c1-12(2)10-21-11-15(13(3)4)17-14-8-6-7-9-16(14)20(5)18(17)19(21)22/h6-9,11-13H,10H2,1-5H3. The summed E-state index contributed by atoms with van der Waals surface area (Å²) in [4.78, 5) is 13.0. The third kappa shape index (κ3) is 2.16. The van der Waals surface area contributed by atoms with E-state index in [-0.39, 0.29) is 5.56 Å². The smallest absolute Gasteiger partial charge is 0.275 e. The van der Waals surface area contributed by atoms with Gasteiger partial charge >= 0.3 is 0 Å². The summed E-state index contributed by atoms with van der Waals surface area (Å²) >= 11 is 0. The van der Waals surface area contributed by atoms with E-state index in [2.05, 4.69) is 50.6 Å². The minimum atomic E-state index is 0.117. The molecule has 0 aliphatic carbocycles. The summed E-state index contributed by atoms with van der Waals surface area (Å²) in [5.41, 5.74) is 3.32. The molecular weight excluding hydrogens is 272 g/mol. The molecule has 3 rings (SSSR count). The zero-order chi connectivity index (χ0) is 16.0. The Hall–Kier alpha value is -2.03. The Morgan fingerprint density at radius 2 is 1.77 bits per heavy atom. The number of nitrogens with zero attached hydrogens (tertiary/aromatic N) is 2. The Morgan fingerprint density at radius 1 is 1.09 bits per heavy atom. The number of aromatic nitrogens is 2. The number of hydrogen-bond acceptors (Lipinski definition) is 1. The van der Waals surface area contributed by atoms with Crippen LogP contribution < -0.4 is 5.56 Å². The zero-order valence-corrected chi connectivity index (χ0v) is 14.1. The summed E-state index contributed by atoms with van der Waals surface area (Å²) in [6.07, 6.45) is 2.07. The first-order chi connectivity index (χ1) is 10.4. The van der Waals surface area contributed by atoms with Crippen molar-refractivity contribution in [3.8, 4) is 0 Å². The lowest BCUT2D eigenvalue weighted by atomic mass is 9.99. The van der Waals surface area contributed by atoms with Gasteiger partial charge in [-0.05, 0) is 23.5 Å². The summed E-state index contributed by atoms with van der Waals surface area (Å²) in [6, 6.07) is 8.29. The van der Waals surface area contributed by atoms with Gasteiger partial charge in [0.15, 0.2) is 0 Å². The molecule has 3 nitrogen and oxygen atoms in total. The van der Waals surface area contributed by atoms with E-state index in [0.29, 0.717) is 11.8 Å². The fourth-order valence-electron chi connectivity index (χ4n) is 3.33. The third-order valence-corrected chi connectivity index (χ3v) is 4.34. The molecule has 116 valence electrons. The fourth-order valence-corrected chi connectivity index (χ4v) is 3.33. The first-order valence-corrected chi connectivity index (χ1v) is 8.02. The lowest BCUT2D eigenvalue weighted by molar-refractivity contribution is 0.510. The van der Waals surface area contributed by atoms with Crippen LogP contribution in [0.15, 0.2) is 35.3 Å². The molecule has 2 aromatic heterocycles. The number of hydrogen-bond donors (Lipinski definition) is 0.